The first kappa shape index (κ1) is 18.7. The van der Waals surface area contributed by atoms with Crippen molar-refractivity contribution in [2.24, 2.45) is 5.73 Å². The summed E-state index contributed by atoms with van der Waals surface area (Å²) >= 11 is 3.38. The van der Waals surface area contributed by atoms with E-state index >= 15 is 0 Å². The van der Waals surface area contributed by atoms with Gasteiger partial charge in [0.25, 0.3) is 0 Å². The highest BCUT2D eigenvalue weighted by Crippen LogP contribution is 2.23. The lowest BCUT2D eigenvalue weighted by Crippen LogP contribution is -2.49. The molecule has 2 aromatic rings. The number of furan rings is 1. The van der Waals surface area contributed by atoms with Crippen LogP contribution in [0.25, 0.3) is 0 Å². The molecule has 0 bridgehead atoms. The molecule has 0 saturated carbocycles. The van der Waals surface area contributed by atoms with Gasteiger partial charge < -0.3 is 15.1 Å². The first-order chi connectivity index (χ1) is 9.80. The van der Waals surface area contributed by atoms with Gasteiger partial charge in [0.05, 0.1) is 6.54 Å². The molecule has 120 valence electrons. The average Bonchev–Trinajstić information content (AvgIpc) is 2.83. The van der Waals surface area contributed by atoms with Gasteiger partial charge in [-0.25, -0.2) is 0 Å². The lowest BCUT2D eigenvalue weighted by molar-refractivity contribution is -0.136. The molecule has 0 saturated heterocycles. The standard InChI is InChI=1S/C16H19BrN2O2.ClH/c1-11-4-9-14(21-11)10-19(3)15(20)16(2,18)12-5-7-13(17)8-6-12;/h4-9H,10,18H2,1-3H3;1H. The van der Waals surface area contributed by atoms with E-state index < -0.39 is 5.54 Å². The van der Waals surface area contributed by atoms with Crippen molar-refractivity contribution in [1.82, 2.24) is 4.90 Å². The van der Waals surface area contributed by atoms with Crippen molar-refractivity contribution >= 4 is 34.2 Å². The molecular formula is C16H20BrClN2O2. The molecule has 0 aliphatic rings. The van der Waals surface area contributed by atoms with Crippen LogP contribution in [0.2, 0.25) is 0 Å². The van der Waals surface area contributed by atoms with Crippen LogP contribution in [0.15, 0.2) is 45.3 Å². The third kappa shape index (κ3) is 4.12. The van der Waals surface area contributed by atoms with Crippen LogP contribution in [-0.4, -0.2) is 17.9 Å². The zero-order valence-electron chi connectivity index (χ0n) is 12.8. The molecule has 0 radical (unpaired) electrons. The number of hydrogen-bond donors (Lipinski definition) is 1. The fourth-order valence-corrected chi connectivity index (χ4v) is 2.46. The average molecular weight is 388 g/mol. The van der Waals surface area contributed by atoms with Crippen molar-refractivity contribution in [3.8, 4) is 0 Å². The largest absolute Gasteiger partial charge is 0.464 e. The second-order valence-corrected chi connectivity index (χ2v) is 6.30. The maximum atomic E-state index is 12.6. The summed E-state index contributed by atoms with van der Waals surface area (Å²) in [5.41, 5.74) is 5.96. The maximum Gasteiger partial charge on any atom is 0.247 e. The molecule has 1 heterocycles. The molecule has 0 fully saturated rings. The van der Waals surface area contributed by atoms with E-state index in [4.69, 9.17) is 10.2 Å². The lowest BCUT2D eigenvalue weighted by Gasteiger charge is -2.29. The number of carbonyl (C=O) groups excluding carboxylic acids is 1. The van der Waals surface area contributed by atoms with Crippen LogP contribution in [-0.2, 0) is 16.9 Å². The van der Waals surface area contributed by atoms with E-state index in [2.05, 4.69) is 15.9 Å². The number of amides is 1. The molecule has 1 unspecified atom stereocenters. The number of hydrogen-bond acceptors (Lipinski definition) is 3. The van der Waals surface area contributed by atoms with Gasteiger partial charge in [0.15, 0.2) is 0 Å². The molecule has 0 aliphatic carbocycles. The highest BCUT2D eigenvalue weighted by molar-refractivity contribution is 9.10. The van der Waals surface area contributed by atoms with E-state index in [9.17, 15) is 4.79 Å². The summed E-state index contributed by atoms with van der Waals surface area (Å²) in [6.45, 7) is 4.00. The number of likely N-dealkylation sites (N-methyl/N-ethyl adjacent to an activating group) is 1. The van der Waals surface area contributed by atoms with E-state index in [1.165, 1.54) is 0 Å². The predicted molar refractivity (Wildman–Crippen MR) is 92.8 cm³/mol. The Kier molecular flexibility index (Phi) is 6.23. The Hall–Kier alpha value is -1.30. The van der Waals surface area contributed by atoms with E-state index in [0.29, 0.717) is 6.54 Å². The van der Waals surface area contributed by atoms with Crippen molar-refractivity contribution in [3.05, 3.63) is 58.0 Å². The SMILES string of the molecule is Cc1ccc(CN(C)C(=O)C(C)(N)c2ccc(Br)cc2)o1.Cl. The zero-order chi connectivity index (χ0) is 15.6. The summed E-state index contributed by atoms with van der Waals surface area (Å²) in [6, 6.07) is 11.2. The Morgan fingerprint density at radius 1 is 1.27 bits per heavy atom. The van der Waals surface area contributed by atoms with Gasteiger partial charge in [0.1, 0.15) is 17.1 Å². The minimum atomic E-state index is -1.07. The molecule has 2 rings (SSSR count). The summed E-state index contributed by atoms with van der Waals surface area (Å²) in [7, 11) is 1.73. The van der Waals surface area contributed by atoms with Crippen molar-refractivity contribution in [2.45, 2.75) is 25.9 Å². The highest BCUT2D eigenvalue weighted by atomic mass is 79.9. The second-order valence-electron chi connectivity index (χ2n) is 5.38. The van der Waals surface area contributed by atoms with Crippen LogP contribution in [0.1, 0.15) is 24.0 Å². The molecule has 2 N–H and O–H groups in total. The molecule has 1 aromatic carbocycles. The smallest absolute Gasteiger partial charge is 0.247 e. The molecule has 4 nitrogen and oxygen atoms in total. The Morgan fingerprint density at radius 3 is 2.36 bits per heavy atom. The first-order valence-electron chi connectivity index (χ1n) is 6.66. The summed E-state index contributed by atoms with van der Waals surface area (Å²) < 4.78 is 6.45. The fraction of sp³-hybridized carbons (Fsp3) is 0.312. The normalized spacial score (nSPS) is 13.1. The topological polar surface area (TPSA) is 59.5 Å². The molecule has 1 atom stereocenters. The number of aryl methyl sites for hydroxylation is 1. The van der Waals surface area contributed by atoms with Gasteiger partial charge in [0, 0.05) is 11.5 Å². The van der Waals surface area contributed by atoms with E-state index in [0.717, 1.165) is 21.6 Å². The fourth-order valence-electron chi connectivity index (χ4n) is 2.19. The molecular weight excluding hydrogens is 368 g/mol. The Morgan fingerprint density at radius 2 is 1.86 bits per heavy atom. The molecule has 6 heteroatoms. The minimum absolute atomic E-state index is 0. The minimum Gasteiger partial charge on any atom is -0.464 e. The van der Waals surface area contributed by atoms with Gasteiger partial charge >= 0.3 is 0 Å². The van der Waals surface area contributed by atoms with Gasteiger partial charge in [-0.15, -0.1) is 12.4 Å². The molecule has 0 aliphatic heterocycles. The summed E-state index contributed by atoms with van der Waals surface area (Å²) in [6.07, 6.45) is 0. The summed E-state index contributed by atoms with van der Waals surface area (Å²) in [4.78, 5) is 14.2. The van der Waals surface area contributed by atoms with Crippen LogP contribution in [0.4, 0.5) is 0 Å². The van der Waals surface area contributed by atoms with E-state index in [1.807, 2.05) is 43.3 Å². The van der Waals surface area contributed by atoms with Crippen molar-refractivity contribution < 1.29 is 9.21 Å². The van der Waals surface area contributed by atoms with Gasteiger partial charge in [0.2, 0.25) is 5.91 Å². The number of carbonyl (C=O) groups is 1. The summed E-state index contributed by atoms with van der Waals surface area (Å²) in [5.74, 6) is 1.42. The maximum absolute atomic E-state index is 12.6. The van der Waals surface area contributed by atoms with Crippen LogP contribution < -0.4 is 5.73 Å². The lowest BCUT2D eigenvalue weighted by atomic mass is 9.92. The van der Waals surface area contributed by atoms with Crippen LogP contribution in [0.5, 0.6) is 0 Å². The molecule has 22 heavy (non-hydrogen) atoms. The van der Waals surface area contributed by atoms with Gasteiger partial charge in [-0.05, 0) is 43.7 Å². The number of nitrogens with two attached hydrogens (primary N) is 1. The molecule has 1 amide bonds. The Labute approximate surface area is 145 Å². The zero-order valence-corrected chi connectivity index (χ0v) is 15.2. The summed E-state index contributed by atoms with van der Waals surface area (Å²) in [5, 5.41) is 0. The monoisotopic (exact) mass is 386 g/mol. The number of halogens is 2. The number of benzene rings is 1. The van der Waals surface area contributed by atoms with Crippen molar-refractivity contribution in [1.29, 1.82) is 0 Å². The van der Waals surface area contributed by atoms with Crippen LogP contribution in [0, 0.1) is 6.92 Å². The Bertz CT molecular complexity index is 638. The molecule has 1 aromatic heterocycles. The van der Waals surface area contributed by atoms with Gasteiger partial charge in [-0.3, -0.25) is 4.79 Å². The highest BCUT2D eigenvalue weighted by Gasteiger charge is 2.33. The van der Waals surface area contributed by atoms with Crippen molar-refractivity contribution in [2.75, 3.05) is 7.05 Å². The number of nitrogens with zero attached hydrogens (tertiary/aromatic N) is 1. The van der Waals surface area contributed by atoms with Crippen LogP contribution >= 0.6 is 28.3 Å². The van der Waals surface area contributed by atoms with E-state index in [-0.39, 0.29) is 18.3 Å². The first-order valence-corrected chi connectivity index (χ1v) is 7.46. The third-order valence-electron chi connectivity index (χ3n) is 3.42. The third-order valence-corrected chi connectivity index (χ3v) is 3.95. The van der Waals surface area contributed by atoms with Crippen LogP contribution in [0.3, 0.4) is 0 Å². The molecule has 0 spiro atoms. The Balaban J connectivity index is 0.00000242. The predicted octanol–water partition coefficient (Wildman–Crippen LogP) is 3.60. The van der Waals surface area contributed by atoms with Gasteiger partial charge in [-0.2, -0.15) is 0 Å². The number of rotatable bonds is 4. The van der Waals surface area contributed by atoms with E-state index in [1.54, 1.807) is 18.9 Å². The van der Waals surface area contributed by atoms with Crippen molar-refractivity contribution in [3.63, 3.8) is 0 Å². The quantitative estimate of drug-likeness (QED) is 0.872. The second kappa shape index (κ2) is 7.31. The van der Waals surface area contributed by atoms with Gasteiger partial charge in [-0.1, -0.05) is 28.1 Å².